The molecule has 9 heteroatoms. The number of piperazine rings is 1. The van der Waals surface area contributed by atoms with Gasteiger partial charge in [-0.25, -0.2) is 9.97 Å². The lowest BCUT2D eigenvalue weighted by Gasteiger charge is -2.37. The summed E-state index contributed by atoms with van der Waals surface area (Å²) < 4.78 is 5.23. The van der Waals surface area contributed by atoms with Crippen molar-refractivity contribution in [1.29, 1.82) is 0 Å². The molecule has 2 aromatic carbocycles. The highest BCUT2D eigenvalue weighted by atomic mass is 16.5. The van der Waals surface area contributed by atoms with Crippen LogP contribution >= 0.6 is 0 Å². The predicted molar refractivity (Wildman–Crippen MR) is 121 cm³/mol. The number of anilines is 4. The highest BCUT2D eigenvalue weighted by molar-refractivity contribution is 5.97. The number of carbonyl (C=O) groups is 1. The highest BCUT2D eigenvalue weighted by Gasteiger charge is 2.22. The van der Waals surface area contributed by atoms with Crippen LogP contribution in [-0.2, 0) is 0 Å². The minimum Gasteiger partial charge on any atom is -0.496 e. The Labute approximate surface area is 180 Å². The van der Waals surface area contributed by atoms with Crippen molar-refractivity contribution in [3.8, 4) is 5.75 Å². The fourth-order valence-electron chi connectivity index (χ4n) is 3.57. The zero-order chi connectivity index (χ0) is 21.6. The monoisotopic (exact) mass is 419 g/mol. The van der Waals surface area contributed by atoms with Crippen LogP contribution < -0.4 is 31.1 Å². The highest BCUT2D eigenvalue weighted by Crippen LogP contribution is 2.27. The van der Waals surface area contributed by atoms with Crippen LogP contribution in [0.4, 0.5) is 23.0 Å². The molecule has 0 bridgehead atoms. The number of aromatic nitrogens is 2. The lowest BCUT2D eigenvalue weighted by molar-refractivity contribution is 0.0959. The molecule has 0 atom stereocenters. The van der Waals surface area contributed by atoms with Crippen LogP contribution in [0.15, 0.2) is 60.9 Å². The Morgan fingerprint density at radius 2 is 1.65 bits per heavy atom. The molecule has 1 fully saturated rings. The molecule has 0 unspecified atom stereocenters. The van der Waals surface area contributed by atoms with Gasteiger partial charge in [0.2, 0.25) is 0 Å². The van der Waals surface area contributed by atoms with Gasteiger partial charge in [0, 0.05) is 31.9 Å². The third-order valence-electron chi connectivity index (χ3n) is 5.21. The molecule has 1 amide bonds. The number of nitrogens with one attached hydrogen (secondary N) is 2. The van der Waals surface area contributed by atoms with Crippen molar-refractivity contribution in [2.24, 2.45) is 0 Å². The Bertz CT molecular complexity index is 1040. The second-order valence-electron chi connectivity index (χ2n) is 7.05. The Hall–Kier alpha value is -4.01. The van der Waals surface area contributed by atoms with Gasteiger partial charge in [-0.05, 0) is 24.3 Å². The van der Waals surface area contributed by atoms with Gasteiger partial charge in [-0.15, -0.1) is 0 Å². The van der Waals surface area contributed by atoms with E-state index in [2.05, 4.69) is 42.8 Å². The van der Waals surface area contributed by atoms with Gasteiger partial charge >= 0.3 is 0 Å². The van der Waals surface area contributed by atoms with Crippen LogP contribution in [0.25, 0.3) is 0 Å². The molecule has 160 valence electrons. The molecule has 31 heavy (non-hydrogen) atoms. The quantitative estimate of drug-likeness (QED) is 0.522. The average Bonchev–Trinajstić information content (AvgIpc) is 2.84. The number of methoxy groups -OCH3 is 1. The molecule has 0 aliphatic carbocycles. The summed E-state index contributed by atoms with van der Waals surface area (Å²) in [6.45, 7) is 3.29. The number of ether oxygens (including phenoxy) is 1. The van der Waals surface area contributed by atoms with Gasteiger partial charge in [0.25, 0.3) is 5.91 Å². The van der Waals surface area contributed by atoms with E-state index in [1.807, 2.05) is 18.2 Å². The van der Waals surface area contributed by atoms with Crippen LogP contribution in [0.3, 0.4) is 0 Å². The molecule has 0 spiro atoms. The molecule has 1 aliphatic rings. The molecule has 4 rings (SSSR count). The van der Waals surface area contributed by atoms with E-state index in [0.29, 0.717) is 28.6 Å². The minimum absolute atomic E-state index is 0.346. The molecule has 1 aromatic heterocycles. The number of nitrogens with zero attached hydrogens (tertiary/aromatic N) is 4. The largest absolute Gasteiger partial charge is 0.496 e. The van der Waals surface area contributed by atoms with E-state index in [-0.39, 0.29) is 5.91 Å². The summed E-state index contributed by atoms with van der Waals surface area (Å²) in [5.74, 6) is 1.12. The second kappa shape index (κ2) is 9.21. The van der Waals surface area contributed by atoms with Gasteiger partial charge in [0.15, 0.2) is 11.6 Å². The van der Waals surface area contributed by atoms with Gasteiger partial charge in [-0.2, -0.15) is 0 Å². The van der Waals surface area contributed by atoms with Crippen LogP contribution in [-0.4, -0.2) is 49.2 Å². The number of hydrogen-bond donors (Lipinski definition) is 3. The van der Waals surface area contributed by atoms with Crippen LogP contribution in [0.1, 0.15) is 10.4 Å². The first-order valence-electron chi connectivity index (χ1n) is 10.0. The van der Waals surface area contributed by atoms with E-state index in [1.54, 1.807) is 24.3 Å². The number of para-hydroxylation sites is 2. The summed E-state index contributed by atoms with van der Waals surface area (Å²) in [5, 5.41) is 0. The lowest BCUT2D eigenvalue weighted by Crippen LogP contribution is -2.47. The van der Waals surface area contributed by atoms with Crippen molar-refractivity contribution in [2.75, 3.05) is 54.2 Å². The van der Waals surface area contributed by atoms with Crippen LogP contribution in [0, 0.1) is 0 Å². The Morgan fingerprint density at radius 3 is 2.39 bits per heavy atom. The van der Waals surface area contributed by atoms with E-state index in [1.165, 1.54) is 19.1 Å². The summed E-state index contributed by atoms with van der Waals surface area (Å²) in [6.07, 6.45) is 1.44. The third kappa shape index (κ3) is 4.45. The SMILES string of the molecule is COc1ccccc1C(=O)NNc1ncnc(N2CCN(c3ccccc3)CC2)c1N. The maximum atomic E-state index is 12.5. The molecule has 1 saturated heterocycles. The van der Waals surface area contributed by atoms with Crippen molar-refractivity contribution in [3.05, 3.63) is 66.5 Å². The first-order valence-corrected chi connectivity index (χ1v) is 10.0. The summed E-state index contributed by atoms with van der Waals surface area (Å²) in [4.78, 5) is 25.5. The average molecular weight is 419 g/mol. The number of nitrogens with two attached hydrogens (primary N) is 1. The van der Waals surface area contributed by atoms with Crippen LogP contribution in [0.2, 0.25) is 0 Å². The van der Waals surface area contributed by atoms with Gasteiger partial charge in [-0.1, -0.05) is 30.3 Å². The first-order chi connectivity index (χ1) is 15.2. The van der Waals surface area contributed by atoms with Crippen molar-refractivity contribution in [2.45, 2.75) is 0 Å². The fourth-order valence-corrected chi connectivity index (χ4v) is 3.57. The molecule has 1 aliphatic heterocycles. The Balaban J connectivity index is 1.41. The normalized spacial score (nSPS) is 13.6. The zero-order valence-electron chi connectivity index (χ0n) is 17.3. The van der Waals surface area contributed by atoms with Gasteiger partial charge < -0.3 is 20.3 Å². The Kier molecular flexibility index (Phi) is 6.02. The number of amides is 1. The topological polar surface area (TPSA) is 109 Å². The van der Waals surface area contributed by atoms with Crippen molar-refractivity contribution < 1.29 is 9.53 Å². The molecule has 0 saturated carbocycles. The predicted octanol–water partition coefficient (Wildman–Crippen LogP) is 2.15. The standard InChI is InChI=1S/C22H25N7O2/c1-31-18-10-6-5-9-17(18)22(30)27-26-20-19(23)21(25-15-24-20)29-13-11-28(12-14-29)16-7-3-2-4-8-16/h2-10,15H,11-14,23H2,1H3,(H,27,30)(H,24,25,26). The first kappa shape index (κ1) is 20.3. The molecule has 2 heterocycles. The number of hydrogen-bond acceptors (Lipinski definition) is 8. The van der Waals surface area contributed by atoms with Gasteiger partial charge in [-0.3, -0.25) is 15.6 Å². The summed E-state index contributed by atoms with van der Waals surface area (Å²) in [5.41, 5.74) is 13.8. The summed E-state index contributed by atoms with van der Waals surface area (Å²) >= 11 is 0. The molecular formula is C22H25N7O2. The minimum atomic E-state index is -0.353. The van der Waals surface area contributed by atoms with E-state index in [0.717, 1.165) is 26.2 Å². The molecule has 0 radical (unpaired) electrons. The molecule has 9 nitrogen and oxygen atoms in total. The summed E-state index contributed by atoms with van der Waals surface area (Å²) in [6, 6.07) is 17.3. The van der Waals surface area contributed by atoms with E-state index in [4.69, 9.17) is 10.5 Å². The van der Waals surface area contributed by atoms with Crippen molar-refractivity contribution in [3.63, 3.8) is 0 Å². The maximum Gasteiger partial charge on any atom is 0.273 e. The smallest absolute Gasteiger partial charge is 0.273 e. The fraction of sp³-hybridized carbons (Fsp3) is 0.227. The second-order valence-corrected chi connectivity index (χ2v) is 7.05. The maximum absolute atomic E-state index is 12.5. The van der Waals surface area contributed by atoms with E-state index >= 15 is 0 Å². The zero-order valence-corrected chi connectivity index (χ0v) is 17.3. The van der Waals surface area contributed by atoms with Gasteiger partial charge in [0.05, 0.1) is 12.7 Å². The Morgan fingerprint density at radius 1 is 0.968 bits per heavy atom. The molecular weight excluding hydrogens is 394 g/mol. The lowest BCUT2D eigenvalue weighted by atomic mass is 10.2. The number of hydrazine groups is 1. The number of benzene rings is 2. The summed E-state index contributed by atoms with van der Waals surface area (Å²) in [7, 11) is 1.52. The molecule has 4 N–H and O–H groups in total. The van der Waals surface area contributed by atoms with E-state index in [9.17, 15) is 4.79 Å². The number of rotatable bonds is 6. The van der Waals surface area contributed by atoms with Gasteiger partial charge in [0.1, 0.15) is 17.8 Å². The van der Waals surface area contributed by atoms with E-state index < -0.39 is 0 Å². The van der Waals surface area contributed by atoms with Crippen molar-refractivity contribution >= 4 is 28.9 Å². The van der Waals surface area contributed by atoms with Crippen molar-refractivity contribution in [1.82, 2.24) is 15.4 Å². The number of carbonyl (C=O) groups excluding carboxylic acids is 1. The third-order valence-corrected chi connectivity index (χ3v) is 5.21. The molecule has 3 aromatic rings. The van der Waals surface area contributed by atoms with Crippen LogP contribution in [0.5, 0.6) is 5.75 Å². The number of nitrogen functional groups attached to an aromatic ring is 1.